The van der Waals surface area contributed by atoms with E-state index in [4.69, 9.17) is 9.47 Å². The highest BCUT2D eigenvalue weighted by Crippen LogP contribution is 2.32. The fourth-order valence-corrected chi connectivity index (χ4v) is 3.50. The maximum atomic E-state index is 12.1. The van der Waals surface area contributed by atoms with Crippen LogP contribution in [-0.2, 0) is 17.8 Å². The Bertz CT molecular complexity index is 924. The minimum atomic E-state index is 0.132. The van der Waals surface area contributed by atoms with Crippen molar-refractivity contribution in [2.45, 2.75) is 32.2 Å². The zero-order valence-corrected chi connectivity index (χ0v) is 17.2. The summed E-state index contributed by atoms with van der Waals surface area (Å²) < 4.78 is 10.8. The van der Waals surface area contributed by atoms with Crippen molar-refractivity contribution >= 4 is 17.6 Å². The van der Waals surface area contributed by atoms with Gasteiger partial charge in [-0.2, -0.15) is 0 Å². The van der Waals surface area contributed by atoms with Crippen LogP contribution in [0.4, 0.5) is 5.69 Å². The second-order valence-corrected chi connectivity index (χ2v) is 7.61. The molecule has 0 atom stereocenters. The lowest BCUT2D eigenvalue weighted by molar-refractivity contribution is -0.122. The summed E-state index contributed by atoms with van der Waals surface area (Å²) in [6, 6.07) is 13.9. The van der Waals surface area contributed by atoms with E-state index >= 15 is 0 Å². The van der Waals surface area contributed by atoms with Crippen molar-refractivity contribution < 1.29 is 14.3 Å². The molecular formula is C23H28N4O3. The van der Waals surface area contributed by atoms with Gasteiger partial charge in [0.15, 0.2) is 17.5 Å². The Labute approximate surface area is 176 Å². The number of aliphatic imine (C=N–C) groups is 1. The Morgan fingerprint density at radius 3 is 2.73 bits per heavy atom. The average molecular weight is 409 g/mol. The van der Waals surface area contributed by atoms with Gasteiger partial charge in [-0.15, -0.1) is 0 Å². The van der Waals surface area contributed by atoms with Crippen LogP contribution in [0.2, 0.25) is 0 Å². The van der Waals surface area contributed by atoms with E-state index in [9.17, 15) is 4.79 Å². The summed E-state index contributed by atoms with van der Waals surface area (Å²) in [7, 11) is 1.76. The SMILES string of the molecule is CN=C(NCCc1ccc2c(c1)OCO2)NCc1cccc(NC(=O)C2CCC2)c1. The highest BCUT2D eigenvalue weighted by Gasteiger charge is 2.25. The first-order chi connectivity index (χ1) is 14.7. The van der Waals surface area contributed by atoms with E-state index in [1.807, 2.05) is 36.4 Å². The number of benzene rings is 2. The van der Waals surface area contributed by atoms with Crippen LogP contribution >= 0.6 is 0 Å². The molecule has 3 N–H and O–H groups in total. The Hall–Kier alpha value is -3.22. The van der Waals surface area contributed by atoms with Gasteiger partial charge in [0.1, 0.15) is 0 Å². The lowest BCUT2D eigenvalue weighted by atomic mass is 9.85. The average Bonchev–Trinajstić information content (AvgIpc) is 3.17. The summed E-state index contributed by atoms with van der Waals surface area (Å²) in [5.74, 6) is 2.65. The molecule has 0 saturated heterocycles. The Kier molecular flexibility index (Phi) is 6.37. The van der Waals surface area contributed by atoms with Crippen molar-refractivity contribution in [1.82, 2.24) is 10.6 Å². The number of carbonyl (C=O) groups excluding carboxylic acids is 1. The highest BCUT2D eigenvalue weighted by atomic mass is 16.7. The van der Waals surface area contributed by atoms with E-state index < -0.39 is 0 Å². The number of hydrogen-bond donors (Lipinski definition) is 3. The van der Waals surface area contributed by atoms with E-state index in [1.54, 1.807) is 7.05 Å². The molecule has 0 unspecified atom stereocenters. The third-order valence-corrected chi connectivity index (χ3v) is 5.50. The minimum absolute atomic E-state index is 0.132. The van der Waals surface area contributed by atoms with E-state index in [0.29, 0.717) is 13.3 Å². The number of carbonyl (C=O) groups is 1. The molecule has 0 radical (unpaired) electrons. The van der Waals surface area contributed by atoms with Crippen LogP contribution in [0.5, 0.6) is 11.5 Å². The summed E-state index contributed by atoms with van der Waals surface area (Å²) in [5.41, 5.74) is 3.11. The summed E-state index contributed by atoms with van der Waals surface area (Å²) in [6.45, 7) is 1.66. The molecular weight excluding hydrogens is 380 g/mol. The molecule has 1 aliphatic carbocycles. The van der Waals surface area contributed by atoms with Crippen molar-refractivity contribution in [2.24, 2.45) is 10.9 Å². The van der Waals surface area contributed by atoms with Gasteiger partial charge < -0.3 is 25.4 Å². The third kappa shape index (κ3) is 5.03. The molecule has 30 heavy (non-hydrogen) atoms. The van der Waals surface area contributed by atoms with Crippen molar-refractivity contribution in [3.63, 3.8) is 0 Å². The predicted molar refractivity (Wildman–Crippen MR) is 117 cm³/mol. The zero-order valence-electron chi connectivity index (χ0n) is 17.2. The second kappa shape index (κ2) is 9.52. The molecule has 1 heterocycles. The Morgan fingerprint density at radius 1 is 1.07 bits per heavy atom. The molecule has 0 aromatic heterocycles. The van der Waals surface area contributed by atoms with Gasteiger partial charge in [-0.3, -0.25) is 9.79 Å². The van der Waals surface area contributed by atoms with Crippen molar-refractivity contribution in [1.29, 1.82) is 0 Å². The molecule has 7 nitrogen and oxygen atoms in total. The molecule has 158 valence electrons. The van der Waals surface area contributed by atoms with Gasteiger partial charge in [0.2, 0.25) is 12.7 Å². The highest BCUT2D eigenvalue weighted by molar-refractivity contribution is 5.93. The van der Waals surface area contributed by atoms with Gasteiger partial charge >= 0.3 is 0 Å². The van der Waals surface area contributed by atoms with Gasteiger partial charge in [0.05, 0.1) is 0 Å². The molecule has 0 bridgehead atoms. The lowest BCUT2D eigenvalue weighted by Gasteiger charge is -2.24. The fraction of sp³-hybridized carbons (Fsp3) is 0.391. The molecule has 7 heteroatoms. The summed E-state index contributed by atoms with van der Waals surface area (Å²) in [4.78, 5) is 16.4. The molecule has 1 fully saturated rings. The number of guanidine groups is 1. The number of amides is 1. The fourth-order valence-electron chi connectivity index (χ4n) is 3.50. The largest absolute Gasteiger partial charge is 0.454 e. The summed E-state index contributed by atoms with van der Waals surface area (Å²) in [6.07, 6.45) is 4.01. The Morgan fingerprint density at radius 2 is 1.93 bits per heavy atom. The van der Waals surface area contributed by atoms with Crippen molar-refractivity contribution in [3.05, 3.63) is 53.6 Å². The first kappa shape index (κ1) is 20.1. The monoisotopic (exact) mass is 408 g/mol. The first-order valence-corrected chi connectivity index (χ1v) is 10.4. The molecule has 2 aromatic rings. The van der Waals surface area contributed by atoms with Crippen LogP contribution in [0.1, 0.15) is 30.4 Å². The van der Waals surface area contributed by atoms with Crippen LogP contribution in [-0.4, -0.2) is 32.3 Å². The molecule has 2 aromatic carbocycles. The maximum absolute atomic E-state index is 12.1. The van der Waals surface area contributed by atoms with Crippen LogP contribution < -0.4 is 25.4 Å². The molecule has 0 spiro atoms. The van der Waals surface area contributed by atoms with E-state index in [-0.39, 0.29) is 11.8 Å². The van der Waals surface area contributed by atoms with Crippen LogP contribution in [0.3, 0.4) is 0 Å². The zero-order chi connectivity index (χ0) is 20.8. The number of hydrogen-bond acceptors (Lipinski definition) is 4. The summed E-state index contributed by atoms with van der Waals surface area (Å²) in [5, 5.41) is 9.68. The molecule has 4 rings (SSSR count). The van der Waals surface area contributed by atoms with Gasteiger partial charge in [-0.25, -0.2) is 0 Å². The van der Waals surface area contributed by atoms with Gasteiger partial charge in [0.25, 0.3) is 0 Å². The van der Waals surface area contributed by atoms with Crippen LogP contribution in [0, 0.1) is 5.92 Å². The molecule has 2 aliphatic rings. The number of nitrogens with one attached hydrogen (secondary N) is 3. The third-order valence-electron chi connectivity index (χ3n) is 5.50. The van der Waals surface area contributed by atoms with Gasteiger partial charge in [-0.05, 0) is 54.7 Å². The van der Waals surface area contributed by atoms with Gasteiger partial charge in [0, 0.05) is 31.7 Å². The number of fused-ring (bicyclic) bond motifs is 1. The number of anilines is 1. The quantitative estimate of drug-likeness (QED) is 0.484. The number of ether oxygens (including phenoxy) is 2. The molecule has 1 aliphatic heterocycles. The van der Waals surface area contributed by atoms with Crippen molar-refractivity contribution in [2.75, 3.05) is 25.7 Å². The number of rotatable bonds is 7. The van der Waals surface area contributed by atoms with E-state index in [2.05, 4.69) is 27.0 Å². The van der Waals surface area contributed by atoms with Crippen LogP contribution in [0.25, 0.3) is 0 Å². The summed E-state index contributed by atoms with van der Waals surface area (Å²) >= 11 is 0. The lowest BCUT2D eigenvalue weighted by Crippen LogP contribution is -2.37. The topological polar surface area (TPSA) is 84.0 Å². The second-order valence-electron chi connectivity index (χ2n) is 7.61. The number of nitrogens with zero attached hydrogens (tertiary/aromatic N) is 1. The van der Waals surface area contributed by atoms with Gasteiger partial charge in [-0.1, -0.05) is 24.6 Å². The Balaban J connectivity index is 1.23. The first-order valence-electron chi connectivity index (χ1n) is 10.4. The molecule has 1 saturated carbocycles. The van der Waals surface area contributed by atoms with E-state index in [0.717, 1.165) is 60.9 Å². The normalized spacial score (nSPS) is 15.4. The van der Waals surface area contributed by atoms with Crippen molar-refractivity contribution in [3.8, 4) is 11.5 Å². The molecule has 1 amide bonds. The smallest absolute Gasteiger partial charge is 0.231 e. The van der Waals surface area contributed by atoms with Crippen LogP contribution in [0.15, 0.2) is 47.5 Å². The minimum Gasteiger partial charge on any atom is -0.454 e. The standard InChI is InChI=1S/C23H28N4O3/c1-24-23(25-11-10-16-8-9-20-21(13-16)30-15-29-20)26-14-17-4-2-7-19(12-17)27-22(28)18-5-3-6-18/h2,4,7-9,12-13,18H,3,5-6,10-11,14-15H2,1H3,(H,27,28)(H2,24,25,26). The predicted octanol–water partition coefficient (Wildman–Crippen LogP) is 3.06. The van der Waals surface area contributed by atoms with E-state index in [1.165, 1.54) is 5.56 Å². The maximum Gasteiger partial charge on any atom is 0.231 e.